The van der Waals surface area contributed by atoms with Gasteiger partial charge in [0.15, 0.2) is 5.11 Å². The van der Waals surface area contributed by atoms with Crippen molar-refractivity contribution in [3.05, 3.63) is 58.1 Å². The molecule has 2 N–H and O–H groups in total. The summed E-state index contributed by atoms with van der Waals surface area (Å²) in [6, 6.07) is 11.9. The van der Waals surface area contributed by atoms with Gasteiger partial charge >= 0.3 is 5.97 Å². The molecule has 0 bridgehead atoms. The molecule has 0 spiro atoms. The second kappa shape index (κ2) is 10.9. The largest absolute Gasteiger partial charge is 0.493 e. The van der Waals surface area contributed by atoms with E-state index in [1.807, 2.05) is 6.07 Å². The smallest absolute Gasteiger partial charge is 0.339 e. The fourth-order valence-corrected chi connectivity index (χ4v) is 2.98. The molecule has 6 nitrogen and oxygen atoms in total. The Balaban J connectivity index is 2.11. The zero-order valence-corrected chi connectivity index (χ0v) is 18.9. The fourth-order valence-electron chi connectivity index (χ4n) is 2.41. The Labute approximate surface area is 184 Å². The molecule has 0 aliphatic heterocycles. The van der Waals surface area contributed by atoms with Crippen molar-refractivity contribution < 1.29 is 19.1 Å². The lowest BCUT2D eigenvalue weighted by Gasteiger charge is -2.15. The summed E-state index contributed by atoms with van der Waals surface area (Å²) in [4.78, 5) is 24.6. The van der Waals surface area contributed by atoms with E-state index in [2.05, 4.69) is 40.4 Å². The van der Waals surface area contributed by atoms with E-state index in [1.165, 1.54) is 7.11 Å². The molecule has 0 saturated carbocycles. The maximum absolute atomic E-state index is 12.8. The molecule has 2 rings (SSSR count). The Morgan fingerprint density at radius 3 is 2.55 bits per heavy atom. The van der Waals surface area contributed by atoms with Crippen LogP contribution in [0, 0.1) is 5.92 Å². The zero-order valence-electron chi connectivity index (χ0n) is 16.5. The first-order valence-electron chi connectivity index (χ1n) is 9.03. The standard InChI is InChI=1S/C21H23BrN2O4S/c1-13(2)10-11-28-18-9-8-14(22)12-16(18)19(25)24-21(29)23-17-7-5-4-6-15(17)20(26)27-3/h4-9,12-13H,10-11H2,1-3H3,(H2,23,24,25,29). The van der Waals surface area contributed by atoms with Gasteiger partial charge in [-0.25, -0.2) is 4.79 Å². The van der Waals surface area contributed by atoms with Crippen LogP contribution in [0.5, 0.6) is 5.75 Å². The molecule has 0 radical (unpaired) electrons. The van der Waals surface area contributed by atoms with Crippen LogP contribution in [0.4, 0.5) is 5.69 Å². The molecular weight excluding hydrogens is 456 g/mol. The van der Waals surface area contributed by atoms with E-state index in [0.717, 1.165) is 10.9 Å². The van der Waals surface area contributed by atoms with Crippen molar-refractivity contribution >= 4 is 50.8 Å². The van der Waals surface area contributed by atoms with Crippen LogP contribution in [-0.4, -0.2) is 30.7 Å². The van der Waals surface area contributed by atoms with Crippen LogP contribution in [0.25, 0.3) is 0 Å². The molecular formula is C21H23BrN2O4S. The first kappa shape index (κ1) is 22.8. The first-order valence-corrected chi connectivity index (χ1v) is 10.2. The van der Waals surface area contributed by atoms with Gasteiger partial charge in [-0.2, -0.15) is 0 Å². The topological polar surface area (TPSA) is 76.7 Å². The van der Waals surface area contributed by atoms with Crippen LogP contribution in [0.15, 0.2) is 46.9 Å². The van der Waals surface area contributed by atoms with Crippen LogP contribution < -0.4 is 15.4 Å². The van der Waals surface area contributed by atoms with E-state index >= 15 is 0 Å². The van der Waals surface area contributed by atoms with Crippen LogP contribution >= 0.6 is 28.1 Å². The fraction of sp³-hybridized carbons (Fsp3) is 0.286. The van der Waals surface area contributed by atoms with Gasteiger partial charge in [0.05, 0.1) is 30.5 Å². The molecule has 2 aromatic rings. The number of carbonyl (C=O) groups is 2. The zero-order chi connectivity index (χ0) is 21.4. The van der Waals surface area contributed by atoms with Crippen LogP contribution in [-0.2, 0) is 4.74 Å². The molecule has 0 fully saturated rings. The lowest BCUT2D eigenvalue weighted by atomic mass is 10.1. The van der Waals surface area contributed by atoms with E-state index in [4.69, 9.17) is 21.7 Å². The van der Waals surface area contributed by atoms with Crippen molar-refractivity contribution in [2.75, 3.05) is 19.0 Å². The van der Waals surface area contributed by atoms with Gasteiger partial charge in [0.25, 0.3) is 5.91 Å². The number of halogens is 1. The minimum Gasteiger partial charge on any atom is -0.493 e. The lowest BCUT2D eigenvalue weighted by molar-refractivity contribution is 0.0601. The third kappa shape index (κ3) is 6.83. The molecule has 0 heterocycles. The van der Waals surface area contributed by atoms with Crippen molar-refractivity contribution in [1.29, 1.82) is 0 Å². The van der Waals surface area contributed by atoms with Gasteiger partial charge in [0, 0.05) is 4.47 Å². The Kier molecular flexibility index (Phi) is 8.60. The van der Waals surface area contributed by atoms with E-state index < -0.39 is 11.9 Å². The van der Waals surface area contributed by atoms with E-state index in [9.17, 15) is 9.59 Å². The summed E-state index contributed by atoms with van der Waals surface area (Å²) in [5, 5.41) is 5.54. The second-order valence-electron chi connectivity index (χ2n) is 6.62. The lowest BCUT2D eigenvalue weighted by Crippen LogP contribution is -2.34. The van der Waals surface area contributed by atoms with Gasteiger partial charge in [-0.1, -0.05) is 41.9 Å². The number of hydrogen-bond donors (Lipinski definition) is 2. The summed E-state index contributed by atoms with van der Waals surface area (Å²) in [7, 11) is 1.30. The van der Waals surface area contributed by atoms with E-state index in [0.29, 0.717) is 35.1 Å². The number of methoxy groups -OCH3 is 1. The van der Waals surface area contributed by atoms with Gasteiger partial charge in [-0.3, -0.25) is 10.1 Å². The predicted octanol–water partition coefficient (Wildman–Crippen LogP) is 4.79. The number of rotatable bonds is 7. The Morgan fingerprint density at radius 1 is 1.14 bits per heavy atom. The summed E-state index contributed by atoms with van der Waals surface area (Å²) < 4.78 is 11.3. The summed E-state index contributed by atoms with van der Waals surface area (Å²) in [6.07, 6.45) is 0.876. The van der Waals surface area contributed by atoms with Gasteiger partial charge in [0.2, 0.25) is 0 Å². The van der Waals surface area contributed by atoms with E-state index in [-0.39, 0.29) is 5.11 Å². The molecule has 29 heavy (non-hydrogen) atoms. The molecule has 0 aromatic heterocycles. The summed E-state index contributed by atoms with van der Waals surface area (Å²) in [5.74, 6) is 0.0486. The number of esters is 1. The highest BCUT2D eigenvalue weighted by Gasteiger charge is 2.17. The number of carbonyl (C=O) groups excluding carboxylic acids is 2. The Hall–Kier alpha value is -2.45. The van der Waals surface area contributed by atoms with Crippen LogP contribution in [0.3, 0.4) is 0 Å². The number of anilines is 1. The summed E-state index contributed by atoms with van der Waals surface area (Å²) >= 11 is 8.62. The SMILES string of the molecule is COC(=O)c1ccccc1NC(=S)NC(=O)c1cc(Br)ccc1OCCC(C)C. The normalized spacial score (nSPS) is 10.4. The Morgan fingerprint density at radius 2 is 1.86 bits per heavy atom. The highest BCUT2D eigenvalue weighted by atomic mass is 79.9. The average molecular weight is 479 g/mol. The predicted molar refractivity (Wildman–Crippen MR) is 121 cm³/mol. The third-order valence-electron chi connectivity index (χ3n) is 3.95. The van der Waals surface area contributed by atoms with Gasteiger partial charge in [0.1, 0.15) is 5.75 Å². The molecule has 2 aromatic carbocycles. The number of hydrogen-bond acceptors (Lipinski definition) is 5. The molecule has 1 amide bonds. The van der Waals surface area contributed by atoms with Crippen LogP contribution in [0.2, 0.25) is 0 Å². The summed E-state index contributed by atoms with van der Waals surface area (Å²) in [5.41, 5.74) is 1.10. The number of benzene rings is 2. The minimum absolute atomic E-state index is 0.0551. The third-order valence-corrected chi connectivity index (χ3v) is 4.64. The van der Waals surface area contributed by atoms with Gasteiger partial charge in [-0.15, -0.1) is 0 Å². The molecule has 154 valence electrons. The molecule has 8 heteroatoms. The first-order chi connectivity index (χ1) is 13.8. The monoisotopic (exact) mass is 478 g/mol. The van der Waals surface area contributed by atoms with Crippen LogP contribution in [0.1, 0.15) is 41.0 Å². The van der Waals surface area contributed by atoms with Crippen molar-refractivity contribution in [1.82, 2.24) is 5.32 Å². The van der Waals surface area contributed by atoms with Crippen molar-refractivity contribution in [3.8, 4) is 5.75 Å². The van der Waals surface area contributed by atoms with E-state index in [1.54, 1.807) is 36.4 Å². The molecule has 0 aliphatic rings. The summed E-state index contributed by atoms with van der Waals surface area (Å²) in [6.45, 7) is 4.72. The van der Waals surface area contributed by atoms with Gasteiger partial charge in [-0.05, 0) is 54.9 Å². The Bertz CT molecular complexity index is 902. The highest BCUT2D eigenvalue weighted by Crippen LogP contribution is 2.24. The average Bonchev–Trinajstić information content (AvgIpc) is 2.68. The number of ether oxygens (including phenoxy) is 2. The van der Waals surface area contributed by atoms with Crippen molar-refractivity contribution in [3.63, 3.8) is 0 Å². The molecule has 0 atom stereocenters. The number of thiocarbonyl (C=S) groups is 1. The van der Waals surface area contributed by atoms with Gasteiger partial charge < -0.3 is 14.8 Å². The minimum atomic E-state index is -0.505. The highest BCUT2D eigenvalue weighted by molar-refractivity contribution is 9.10. The number of para-hydroxylation sites is 1. The quantitative estimate of drug-likeness (QED) is 0.440. The van der Waals surface area contributed by atoms with Crippen molar-refractivity contribution in [2.45, 2.75) is 20.3 Å². The number of nitrogens with one attached hydrogen (secondary N) is 2. The number of amides is 1. The molecule has 0 unspecified atom stereocenters. The second-order valence-corrected chi connectivity index (χ2v) is 7.94. The molecule has 0 aliphatic carbocycles. The maximum Gasteiger partial charge on any atom is 0.339 e. The van der Waals surface area contributed by atoms with Crippen molar-refractivity contribution in [2.24, 2.45) is 5.92 Å². The maximum atomic E-state index is 12.8. The molecule has 0 saturated heterocycles.